The number of likely N-dealkylation sites (N-methyl/N-ethyl adjacent to an activating group) is 2. The maximum absolute atomic E-state index is 11.5. The lowest BCUT2D eigenvalue weighted by molar-refractivity contribution is 0.0684. The zero-order valence-corrected chi connectivity index (χ0v) is 38.2. The van der Waals surface area contributed by atoms with Crippen molar-refractivity contribution in [2.45, 2.75) is 77.3 Å². The first-order valence-electron chi connectivity index (χ1n) is 22.6. The first-order valence-corrected chi connectivity index (χ1v) is 22.6. The van der Waals surface area contributed by atoms with Gasteiger partial charge in [0.2, 0.25) is 0 Å². The minimum absolute atomic E-state index is 0.267. The third kappa shape index (κ3) is 10.5. The number of hydrogen-bond acceptors (Lipinski definition) is 8. The second kappa shape index (κ2) is 20.9. The number of benzene rings is 4. The molecule has 0 amide bonds. The van der Waals surface area contributed by atoms with E-state index in [0.29, 0.717) is 24.0 Å². The highest BCUT2D eigenvalue weighted by molar-refractivity contribution is 5.89. The fourth-order valence-corrected chi connectivity index (χ4v) is 9.28. The molecule has 8 rings (SSSR count). The third-order valence-electron chi connectivity index (χ3n) is 13.4. The highest BCUT2D eigenvalue weighted by Crippen LogP contribution is 2.38. The van der Waals surface area contributed by atoms with Gasteiger partial charge in [-0.05, 0) is 171 Å². The Bertz CT molecular complexity index is 2370. The van der Waals surface area contributed by atoms with Crippen molar-refractivity contribution in [1.29, 1.82) is 0 Å². The van der Waals surface area contributed by atoms with Gasteiger partial charge in [0.15, 0.2) is 0 Å². The zero-order valence-electron chi connectivity index (χ0n) is 38.2. The van der Waals surface area contributed by atoms with Crippen molar-refractivity contribution in [3.63, 3.8) is 0 Å². The van der Waals surface area contributed by atoms with Gasteiger partial charge in [-0.3, -0.25) is 19.8 Å². The largest absolute Gasteiger partial charge is 0.478 e. The summed E-state index contributed by atoms with van der Waals surface area (Å²) in [6.45, 7) is 6.34. The summed E-state index contributed by atoms with van der Waals surface area (Å²) in [5.74, 6) is -1.78. The van der Waals surface area contributed by atoms with Crippen molar-refractivity contribution >= 4 is 34.7 Å². The minimum Gasteiger partial charge on any atom is -0.478 e. The number of carbonyl (C=O) groups is 2. The van der Waals surface area contributed by atoms with Crippen molar-refractivity contribution in [3.8, 4) is 0 Å². The van der Waals surface area contributed by atoms with Crippen LogP contribution < -0.4 is 9.80 Å². The van der Waals surface area contributed by atoms with E-state index in [4.69, 9.17) is 0 Å². The Kier molecular flexibility index (Phi) is 14.9. The molecule has 4 heterocycles. The fourth-order valence-electron chi connectivity index (χ4n) is 9.28. The number of hydrogen-bond donors (Lipinski definition) is 2. The molecule has 6 aromatic rings. The van der Waals surface area contributed by atoms with Crippen LogP contribution in [0.15, 0.2) is 122 Å². The van der Waals surface area contributed by atoms with Gasteiger partial charge < -0.3 is 20.0 Å². The summed E-state index contributed by atoms with van der Waals surface area (Å²) < 4.78 is 0. The summed E-state index contributed by atoms with van der Waals surface area (Å²) in [5, 5.41) is 19.0. The molecule has 2 aromatic heterocycles. The maximum Gasteiger partial charge on any atom is 0.336 e. The second-order valence-electron chi connectivity index (χ2n) is 17.2. The summed E-state index contributed by atoms with van der Waals surface area (Å²) in [7, 11) is 8.55. The standard InChI is InChI=1S/2C27H31N3O2/c2*1-4-19-5-8-22(9-6-19)30(3)23-10-11-24-20(17-23)14-16-29(2)26(24)12-7-21-18-28-15-13-25(21)27(31)32/h2*5-6,8-11,13,15,17-18,26H,4,7,12,14,16H2,1-3H3,(H,31,32)/t2*26-/m10/s1. The van der Waals surface area contributed by atoms with Gasteiger partial charge in [-0.25, -0.2) is 9.59 Å². The third-order valence-corrected chi connectivity index (χ3v) is 13.4. The van der Waals surface area contributed by atoms with Gasteiger partial charge in [-0.1, -0.05) is 50.2 Å². The molecule has 0 saturated heterocycles. The SMILES string of the molecule is CCc1ccc(N(C)c2ccc3c(c2)CCN(C)[C@@H]3CCc2cnccc2C(=O)O)cc1.CCc1ccc(N(C)c2ccc3c(c2)CCN(C)[C@H]3CCc2cnccc2C(=O)O)cc1. The van der Waals surface area contributed by atoms with Gasteiger partial charge >= 0.3 is 11.9 Å². The molecule has 0 fully saturated rings. The van der Waals surface area contributed by atoms with Crippen LogP contribution in [0.5, 0.6) is 0 Å². The molecule has 64 heavy (non-hydrogen) atoms. The number of fused-ring (bicyclic) bond motifs is 2. The number of pyridine rings is 2. The Hall–Kier alpha value is -6.36. The molecule has 0 unspecified atom stereocenters. The van der Waals surface area contributed by atoms with E-state index >= 15 is 0 Å². The van der Waals surface area contributed by atoms with Gasteiger partial charge in [0.05, 0.1) is 11.1 Å². The molecular weight excluding hydrogens is 797 g/mol. The van der Waals surface area contributed by atoms with Crippen molar-refractivity contribution in [1.82, 2.24) is 19.8 Å². The summed E-state index contributed by atoms with van der Waals surface area (Å²) in [6.07, 6.45) is 13.7. The van der Waals surface area contributed by atoms with E-state index in [1.54, 1.807) is 36.9 Å². The van der Waals surface area contributed by atoms with E-state index in [1.165, 1.54) is 56.1 Å². The first-order chi connectivity index (χ1) is 30.9. The smallest absolute Gasteiger partial charge is 0.336 e. The maximum atomic E-state index is 11.5. The molecule has 10 heteroatoms. The number of aryl methyl sites for hydroxylation is 4. The number of anilines is 4. The van der Waals surface area contributed by atoms with Crippen LogP contribution in [0.3, 0.4) is 0 Å². The average Bonchev–Trinajstić information content (AvgIpc) is 3.33. The van der Waals surface area contributed by atoms with Crippen LogP contribution >= 0.6 is 0 Å². The quantitative estimate of drug-likeness (QED) is 0.110. The molecular formula is C54H62N6O4. The van der Waals surface area contributed by atoms with Crippen molar-refractivity contribution in [3.05, 3.63) is 177 Å². The van der Waals surface area contributed by atoms with E-state index in [9.17, 15) is 19.8 Å². The molecule has 4 aromatic carbocycles. The van der Waals surface area contributed by atoms with Gasteiger partial charge in [-0.2, -0.15) is 0 Å². The van der Waals surface area contributed by atoms with E-state index < -0.39 is 11.9 Å². The molecule has 0 aliphatic carbocycles. The number of nitrogens with zero attached hydrogens (tertiary/aromatic N) is 6. The Morgan fingerprint density at radius 2 is 0.953 bits per heavy atom. The van der Waals surface area contributed by atoms with Crippen molar-refractivity contribution in [2.24, 2.45) is 0 Å². The van der Waals surface area contributed by atoms with Crippen LogP contribution in [0.25, 0.3) is 0 Å². The van der Waals surface area contributed by atoms with Crippen LogP contribution in [0.1, 0.15) is 104 Å². The summed E-state index contributed by atoms with van der Waals surface area (Å²) in [4.78, 5) is 40.6. The summed E-state index contributed by atoms with van der Waals surface area (Å²) in [6, 6.07) is 34.8. The normalized spacial score (nSPS) is 15.9. The molecule has 0 spiro atoms. The molecule has 0 saturated carbocycles. The van der Waals surface area contributed by atoms with E-state index in [2.05, 4.69) is 157 Å². The van der Waals surface area contributed by atoms with Gasteiger partial charge in [0.1, 0.15) is 0 Å². The Morgan fingerprint density at radius 3 is 1.31 bits per heavy atom. The minimum atomic E-state index is -0.889. The molecule has 2 atom stereocenters. The number of carboxylic acid groups (broad SMARTS) is 2. The molecule has 332 valence electrons. The molecule has 2 aliphatic rings. The van der Waals surface area contributed by atoms with Crippen LogP contribution in [-0.4, -0.2) is 83.2 Å². The van der Waals surface area contributed by atoms with E-state index in [1.807, 2.05) is 0 Å². The van der Waals surface area contributed by atoms with Crippen LogP contribution in [0, 0.1) is 0 Å². The molecule has 10 nitrogen and oxygen atoms in total. The number of carboxylic acids is 2. The molecule has 0 radical (unpaired) electrons. The summed E-state index contributed by atoms with van der Waals surface area (Å²) >= 11 is 0. The lowest BCUT2D eigenvalue weighted by Crippen LogP contribution is -2.32. The van der Waals surface area contributed by atoms with Gasteiger partial charge in [0, 0.05) is 86.8 Å². The average molecular weight is 859 g/mol. The van der Waals surface area contributed by atoms with Gasteiger partial charge in [0.25, 0.3) is 0 Å². The lowest BCUT2D eigenvalue weighted by atomic mass is 9.88. The molecule has 2 aliphatic heterocycles. The van der Waals surface area contributed by atoms with E-state index in [-0.39, 0.29) is 12.1 Å². The molecule has 0 bridgehead atoms. The van der Waals surface area contributed by atoms with Gasteiger partial charge in [-0.15, -0.1) is 0 Å². The monoisotopic (exact) mass is 858 g/mol. The second-order valence-corrected chi connectivity index (χ2v) is 17.2. The number of rotatable bonds is 14. The lowest BCUT2D eigenvalue weighted by Gasteiger charge is -2.35. The van der Waals surface area contributed by atoms with Crippen molar-refractivity contribution < 1.29 is 19.8 Å². The Balaban J connectivity index is 0.000000191. The Labute approximate surface area is 378 Å². The van der Waals surface area contributed by atoms with Crippen LogP contribution in [0.4, 0.5) is 22.7 Å². The van der Waals surface area contributed by atoms with Crippen LogP contribution in [0.2, 0.25) is 0 Å². The molecule has 2 N–H and O–H groups in total. The summed E-state index contributed by atoms with van der Waals surface area (Å²) in [5.41, 5.74) is 15.2. The Morgan fingerprint density at radius 1 is 0.578 bits per heavy atom. The predicted octanol–water partition coefficient (Wildman–Crippen LogP) is 10.5. The van der Waals surface area contributed by atoms with Crippen LogP contribution in [-0.2, 0) is 38.5 Å². The number of aromatic nitrogens is 2. The van der Waals surface area contributed by atoms with E-state index in [0.717, 1.165) is 62.7 Å². The number of aromatic carboxylic acids is 2. The highest BCUT2D eigenvalue weighted by Gasteiger charge is 2.27. The predicted molar refractivity (Wildman–Crippen MR) is 258 cm³/mol. The fraction of sp³-hybridized carbons (Fsp3) is 0.333. The van der Waals surface area contributed by atoms with Crippen molar-refractivity contribution in [2.75, 3.05) is 51.1 Å². The first kappa shape index (κ1) is 45.7. The topological polar surface area (TPSA) is 113 Å². The highest BCUT2D eigenvalue weighted by atomic mass is 16.4. The zero-order chi connectivity index (χ0) is 45.3.